The molecule has 1 fully saturated rings. The molecule has 7 nitrogen and oxygen atoms in total. The first-order valence-electron chi connectivity index (χ1n) is 10.9. The van der Waals surface area contributed by atoms with Crippen LogP contribution in [-0.4, -0.2) is 50.1 Å². The normalized spacial score (nSPS) is 23.0. The number of hydrogen-bond donors (Lipinski definition) is 1. The maximum absolute atomic E-state index is 13.3. The molecular weight excluding hydrogens is 384 g/mol. The van der Waals surface area contributed by atoms with Gasteiger partial charge >= 0.3 is 0 Å². The van der Waals surface area contributed by atoms with Crippen molar-refractivity contribution in [2.24, 2.45) is 5.92 Å². The summed E-state index contributed by atoms with van der Waals surface area (Å²) in [5, 5.41) is 2.87. The minimum Gasteiger partial charge on any atom is -0.492 e. The van der Waals surface area contributed by atoms with Crippen LogP contribution in [0, 0.1) is 5.92 Å². The van der Waals surface area contributed by atoms with Crippen LogP contribution in [0.4, 0.5) is 0 Å². The highest BCUT2D eigenvalue weighted by molar-refractivity contribution is 5.90. The van der Waals surface area contributed by atoms with Gasteiger partial charge in [-0.15, -0.1) is 0 Å². The van der Waals surface area contributed by atoms with Gasteiger partial charge < -0.3 is 19.5 Å². The summed E-state index contributed by atoms with van der Waals surface area (Å²) in [6.07, 6.45) is 7.13. The zero-order chi connectivity index (χ0) is 21.3. The van der Waals surface area contributed by atoms with Crippen molar-refractivity contribution in [1.82, 2.24) is 10.2 Å². The first-order valence-corrected chi connectivity index (χ1v) is 10.9. The predicted molar refractivity (Wildman–Crippen MR) is 112 cm³/mol. The molecule has 2 atom stereocenters. The Hall–Kier alpha value is -2.28. The fraction of sp³-hybridized carbons (Fsp3) is 0.652. The number of methoxy groups -OCH3 is 1. The lowest BCUT2D eigenvalue weighted by molar-refractivity contribution is -0.129. The van der Waals surface area contributed by atoms with Crippen LogP contribution in [0.5, 0.6) is 17.2 Å². The summed E-state index contributed by atoms with van der Waals surface area (Å²) >= 11 is 0. The molecule has 1 aliphatic carbocycles. The topological polar surface area (TPSA) is 77.1 Å². The van der Waals surface area contributed by atoms with Gasteiger partial charge in [0.1, 0.15) is 0 Å². The fourth-order valence-electron chi connectivity index (χ4n) is 5.26. The molecule has 1 saturated carbocycles. The summed E-state index contributed by atoms with van der Waals surface area (Å²) in [5.74, 6) is 2.55. The average molecular weight is 417 g/mol. The molecule has 2 aliphatic heterocycles. The lowest BCUT2D eigenvalue weighted by Crippen LogP contribution is -2.52. The van der Waals surface area contributed by atoms with Crippen LogP contribution in [-0.2, 0) is 16.0 Å². The summed E-state index contributed by atoms with van der Waals surface area (Å²) in [4.78, 5) is 27.0. The summed E-state index contributed by atoms with van der Waals surface area (Å²) in [6, 6.07) is 1.95. The molecule has 1 aromatic rings. The van der Waals surface area contributed by atoms with Gasteiger partial charge in [-0.1, -0.05) is 25.7 Å². The summed E-state index contributed by atoms with van der Waals surface area (Å²) in [6.45, 7) is 2.90. The standard InChI is InChI=1S/C23H32N2O5/c1-23(24-13-26,19(27)10-15-6-4-5-7-15)12-17-20-16(8-9-25(17)2)11-18-21(22(20)28-3)30-14-29-18/h11,13,15,17H,4-10,12,14H2,1-3H3,(H,24,26)/t17-,23+/m0/s1. The molecule has 1 amide bonds. The van der Waals surface area contributed by atoms with E-state index < -0.39 is 5.54 Å². The number of carbonyl (C=O) groups excluding carboxylic acids is 2. The van der Waals surface area contributed by atoms with E-state index in [4.69, 9.17) is 14.2 Å². The maximum Gasteiger partial charge on any atom is 0.231 e. The number of amides is 1. The number of Topliss-reactive ketones (excluding diaryl/α,β-unsaturated/α-hetero) is 1. The van der Waals surface area contributed by atoms with Crippen LogP contribution in [0.15, 0.2) is 6.07 Å². The van der Waals surface area contributed by atoms with E-state index in [-0.39, 0.29) is 18.6 Å². The Balaban J connectivity index is 1.67. The molecule has 0 unspecified atom stereocenters. The maximum atomic E-state index is 13.3. The molecule has 4 rings (SSSR count). The Morgan fingerprint density at radius 2 is 2.13 bits per heavy atom. The molecule has 2 heterocycles. The van der Waals surface area contributed by atoms with Crippen LogP contribution in [0.1, 0.15) is 62.6 Å². The van der Waals surface area contributed by atoms with Gasteiger partial charge in [-0.2, -0.15) is 0 Å². The van der Waals surface area contributed by atoms with Crippen molar-refractivity contribution in [1.29, 1.82) is 0 Å². The number of ketones is 1. The largest absolute Gasteiger partial charge is 0.492 e. The predicted octanol–water partition coefficient (Wildman–Crippen LogP) is 3.00. The Bertz CT molecular complexity index is 820. The van der Waals surface area contributed by atoms with E-state index >= 15 is 0 Å². The van der Waals surface area contributed by atoms with Gasteiger partial charge in [0.05, 0.1) is 12.6 Å². The van der Waals surface area contributed by atoms with Crippen LogP contribution in [0.2, 0.25) is 0 Å². The number of carbonyl (C=O) groups is 2. The zero-order valence-corrected chi connectivity index (χ0v) is 18.2. The first-order chi connectivity index (χ1) is 14.5. The third-order valence-corrected chi connectivity index (χ3v) is 7.09. The number of ether oxygens (including phenoxy) is 3. The van der Waals surface area contributed by atoms with Gasteiger partial charge in [0, 0.05) is 24.6 Å². The number of nitrogens with one attached hydrogen (secondary N) is 1. The van der Waals surface area contributed by atoms with Crippen LogP contribution in [0.3, 0.4) is 0 Å². The average Bonchev–Trinajstić information content (AvgIpc) is 3.40. The molecule has 0 spiro atoms. The second-order valence-electron chi connectivity index (χ2n) is 9.04. The summed E-state index contributed by atoms with van der Waals surface area (Å²) < 4.78 is 17.0. The minimum absolute atomic E-state index is 0.0804. The van der Waals surface area contributed by atoms with E-state index in [9.17, 15) is 9.59 Å². The molecule has 1 aromatic carbocycles. The van der Waals surface area contributed by atoms with Crippen molar-refractivity contribution in [3.63, 3.8) is 0 Å². The fourth-order valence-corrected chi connectivity index (χ4v) is 5.26. The number of nitrogens with zero attached hydrogens (tertiary/aromatic N) is 1. The third-order valence-electron chi connectivity index (χ3n) is 7.09. The van der Waals surface area contributed by atoms with Gasteiger partial charge in [0.15, 0.2) is 17.3 Å². The van der Waals surface area contributed by atoms with E-state index in [1.165, 1.54) is 12.8 Å². The highest BCUT2D eigenvalue weighted by Gasteiger charge is 2.42. The second kappa shape index (κ2) is 8.46. The number of likely N-dealkylation sites (N-methyl/N-ethyl adjacent to an activating group) is 1. The number of rotatable bonds is 8. The van der Waals surface area contributed by atoms with Crippen molar-refractivity contribution in [3.05, 3.63) is 17.2 Å². The minimum atomic E-state index is -0.931. The van der Waals surface area contributed by atoms with Gasteiger partial charge in [-0.25, -0.2) is 0 Å². The van der Waals surface area contributed by atoms with Crippen LogP contribution >= 0.6 is 0 Å². The molecular formula is C23H32N2O5. The van der Waals surface area contributed by atoms with Gasteiger partial charge in [0.25, 0.3) is 0 Å². The van der Waals surface area contributed by atoms with Gasteiger partial charge in [0.2, 0.25) is 19.0 Å². The third kappa shape index (κ3) is 3.75. The first kappa shape index (κ1) is 21.0. The van der Waals surface area contributed by atoms with E-state index in [2.05, 4.69) is 17.3 Å². The van der Waals surface area contributed by atoms with Crippen molar-refractivity contribution in [2.75, 3.05) is 27.5 Å². The van der Waals surface area contributed by atoms with Crippen molar-refractivity contribution < 1.29 is 23.8 Å². The lowest BCUT2D eigenvalue weighted by atomic mass is 9.79. The number of hydrogen-bond acceptors (Lipinski definition) is 6. The molecule has 164 valence electrons. The molecule has 7 heteroatoms. The lowest BCUT2D eigenvalue weighted by Gasteiger charge is -2.40. The van der Waals surface area contributed by atoms with E-state index in [1.54, 1.807) is 7.11 Å². The highest BCUT2D eigenvalue weighted by Crippen LogP contribution is 2.50. The molecule has 0 bridgehead atoms. The molecule has 3 aliphatic rings. The van der Waals surface area contributed by atoms with Crippen LogP contribution < -0.4 is 19.5 Å². The molecule has 0 saturated heterocycles. The number of fused-ring (bicyclic) bond motifs is 2. The molecule has 30 heavy (non-hydrogen) atoms. The van der Waals surface area contributed by atoms with Crippen LogP contribution in [0.25, 0.3) is 0 Å². The van der Waals surface area contributed by atoms with Gasteiger partial charge in [-0.05, 0) is 44.4 Å². The smallest absolute Gasteiger partial charge is 0.231 e. The highest BCUT2D eigenvalue weighted by atomic mass is 16.7. The Morgan fingerprint density at radius 3 is 2.83 bits per heavy atom. The van der Waals surface area contributed by atoms with E-state index in [0.29, 0.717) is 42.4 Å². The molecule has 0 radical (unpaired) electrons. The Morgan fingerprint density at radius 1 is 1.37 bits per heavy atom. The van der Waals surface area contributed by atoms with Crippen molar-refractivity contribution >= 4 is 12.2 Å². The zero-order valence-electron chi connectivity index (χ0n) is 18.2. The number of benzene rings is 1. The SMILES string of the molecule is COc1c2c(cc3c1[C@H](C[C@@](C)(NC=O)C(=O)CC1CCCC1)N(C)CC3)OCO2. The quantitative estimate of drug-likeness (QED) is 0.657. The Kier molecular flexibility index (Phi) is 5.91. The van der Waals surface area contributed by atoms with Crippen molar-refractivity contribution in [2.45, 2.75) is 63.5 Å². The summed E-state index contributed by atoms with van der Waals surface area (Å²) in [5.41, 5.74) is 1.25. The molecule has 1 N–H and O–H groups in total. The second-order valence-corrected chi connectivity index (χ2v) is 9.04. The van der Waals surface area contributed by atoms with E-state index in [1.807, 2.05) is 13.0 Å². The molecule has 0 aromatic heterocycles. The van der Waals surface area contributed by atoms with Crippen molar-refractivity contribution in [3.8, 4) is 17.2 Å². The summed E-state index contributed by atoms with van der Waals surface area (Å²) in [7, 11) is 3.69. The monoisotopic (exact) mass is 416 g/mol. The Labute approximate surface area is 178 Å². The van der Waals surface area contributed by atoms with E-state index in [0.717, 1.165) is 36.9 Å². The van der Waals surface area contributed by atoms with Gasteiger partial charge in [-0.3, -0.25) is 14.5 Å².